The first kappa shape index (κ1) is 15.1. The van der Waals surface area contributed by atoms with Gasteiger partial charge >= 0.3 is 5.97 Å². The van der Waals surface area contributed by atoms with Crippen molar-refractivity contribution in [2.75, 3.05) is 13.2 Å². The van der Waals surface area contributed by atoms with Gasteiger partial charge in [0.15, 0.2) is 6.29 Å². The van der Waals surface area contributed by atoms with E-state index in [0.29, 0.717) is 31.1 Å². The van der Waals surface area contributed by atoms with E-state index in [1.807, 2.05) is 6.92 Å². The predicted octanol–water partition coefficient (Wildman–Crippen LogP) is 2.44. The summed E-state index contributed by atoms with van der Waals surface area (Å²) < 4.78 is 10.8. The van der Waals surface area contributed by atoms with E-state index in [0.717, 1.165) is 0 Å². The smallest absolute Gasteiger partial charge is 0.330 e. The summed E-state index contributed by atoms with van der Waals surface area (Å²) in [5.74, 6) is -0.399. The molecule has 0 aromatic carbocycles. The molecule has 0 heterocycles. The molecule has 4 heteroatoms. The van der Waals surface area contributed by atoms with Crippen LogP contribution in [0.25, 0.3) is 0 Å². The molecular weight excluding hydrogens is 208 g/mol. The quantitative estimate of drug-likeness (QED) is 0.395. The number of hydrogen-bond acceptors (Lipinski definition) is 3. The minimum absolute atomic E-state index is 0.235. The molecule has 1 atom stereocenters. The molecule has 0 aromatic rings. The van der Waals surface area contributed by atoms with Crippen molar-refractivity contribution in [1.29, 1.82) is 0 Å². The van der Waals surface area contributed by atoms with Crippen LogP contribution >= 0.6 is 0 Å². The van der Waals surface area contributed by atoms with E-state index < -0.39 is 5.97 Å². The van der Waals surface area contributed by atoms with E-state index in [9.17, 15) is 4.79 Å². The van der Waals surface area contributed by atoms with Gasteiger partial charge in [0, 0.05) is 5.57 Å². The van der Waals surface area contributed by atoms with E-state index in [2.05, 4.69) is 13.8 Å². The van der Waals surface area contributed by atoms with Crippen molar-refractivity contribution in [3.63, 3.8) is 0 Å². The van der Waals surface area contributed by atoms with E-state index in [1.165, 1.54) is 0 Å². The van der Waals surface area contributed by atoms with E-state index >= 15 is 0 Å². The Morgan fingerprint density at radius 2 is 1.94 bits per heavy atom. The second-order valence-corrected chi connectivity index (χ2v) is 4.15. The second kappa shape index (κ2) is 8.30. The summed E-state index contributed by atoms with van der Waals surface area (Å²) >= 11 is 0. The van der Waals surface area contributed by atoms with Crippen molar-refractivity contribution < 1.29 is 19.4 Å². The number of carbonyl (C=O) groups is 1. The highest BCUT2D eigenvalue weighted by Gasteiger charge is 2.03. The van der Waals surface area contributed by atoms with Gasteiger partial charge in [-0.2, -0.15) is 0 Å². The molecule has 4 nitrogen and oxygen atoms in total. The van der Waals surface area contributed by atoms with Crippen LogP contribution in [0.2, 0.25) is 0 Å². The predicted molar refractivity (Wildman–Crippen MR) is 62.2 cm³/mol. The summed E-state index contributed by atoms with van der Waals surface area (Å²) in [5.41, 5.74) is 0.347. The van der Waals surface area contributed by atoms with Gasteiger partial charge in [0.25, 0.3) is 0 Å². The first-order chi connectivity index (χ1) is 7.43. The minimum Gasteiger partial charge on any atom is -0.478 e. The van der Waals surface area contributed by atoms with Gasteiger partial charge in [-0.1, -0.05) is 19.9 Å². The van der Waals surface area contributed by atoms with E-state index in [4.69, 9.17) is 14.6 Å². The van der Waals surface area contributed by atoms with E-state index in [1.54, 1.807) is 13.0 Å². The Hall–Kier alpha value is -0.870. The molecule has 0 saturated heterocycles. The fourth-order valence-corrected chi connectivity index (χ4v) is 0.973. The Balaban J connectivity index is 3.58. The maximum atomic E-state index is 10.5. The Kier molecular flexibility index (Phi) is 7.85. The van der Waals surface area contributed by atoms with Crippen LogP contribution in [-0.4, -0.2) is 30.6 Å². The van der Waals surface area contributed by atoms with Gasteiger partial charge in [0.05, 0.1) is 13.2 Å². The van der Waals surface area contributed by atoms with Crippen molar-refractivity contribution in [3.8, 4) is 0 Å². The number of aliphatic carboxylic acids is 1. The zero-order chi connectivity index (χ0) is 12.6. The van der Waals surface area contributed by atoms with Crippen molar-refractivity contribution in [2.45, 2.75) is 40.4 Å². The lowest BCUT2D eigenvalue weighted by Crippen LogP contribution is -2.16. The van der Waals surface area contributed by atoms with Crippen LogP contribution in [0.1, 0.15) is 34.1 Å². The fourth-order valence-electron chi connectivity index (χ4n) is 0.973. The molecule has 0 radical (unpaired) electrons. The molecule has 0 aromatic heterocycles. The van der Waals surface area contributed by atoms with Gasteiger partial charge in [-0.15, -0.1) is 0 Å². The average molecular weight is 230 g/mol. The van der Waals surface area contributed by atoms with Gasteiger partial charge in [0.2, 0.25) is 0 Å². The number of hydrogen-bond donors (Lipinski definition) is 1. The molecule has 0 aliphatic carbocycles. The molecule has 1 unspecified atom stereocenters. The highest BCUT2D eigenvalue weighted by Crippen LogP contribution is 2.01. The Morgan fingerprint density at radius 1 is 1.31 bits per heavy atom. The van der Waals surface area contributed by atoms with Crippen molar-refractivity contribution in [2.24, 2.45) is 5.92 Å². The molecule has 0 fully saturated rings. The zero-order valence-corrected chi connectivity index (χ0v) is 10.5. The summed E-state index contributed by atoms with van der Waals surface area (Å²) in [6.07, 6.45) is 2.01. The van der Waals surface area contributed by atoms with Crippen LogP contribution in [0.3, 0.4) is 0 Å². The minimum atomic E-state index is -0.885. The second-order valence-electron chi connectivity index (χ2n) is 4.15. The molecule has 0 spiro atoms. The van der Waals surface area contributed by atoms with Crippen LogP contribution in [0.4, 0.5) is 0 Å². The zero-order valence-electron chi connectivity index (χ0n) is 10.5. The topological polar surface area (TPSA) is 55.8 Å². The summed E-state index contributed by atoms with van der Waals surface area (Å²) in [6.45, 7) is 8.71. The molecule has 0 aliphatic rings. The number of rotatable bonds is 8. The molecule has 1 N–H and O–H groups in total. The molecule has 0 bridgehead atoms. The van der Waals surface area contributed by atoms with E-state index in [-0.39, 0.29) is 6.29 Å². The number of carboxylic acids is 1. The maximum Gasteiger partial charge on any atom is 0.330 e. The third kappa shape index (κ3) is 8.44. The molecule has 0 rings (SSSR count). The van der Waals surface area contributed by atoms with Gasteiger partial charge < -0.3 is 14.6 Å². The van der Waals surface area contributed by atoms with Crippen LogP contribution < -0.4 is 0 Å². The molecule has 94 valence electrons. The molecule has 0 amide bonds. The van der Waals surface area contributed by atoms with Crippen LogP contribution in [-0.2, 0) is 14.3 Å². The standard InChI is InChI=1S/C12H22O4/c1-9(2)8-16-11(4)15-7-5-6-10(3)12(13)14/h6,9,11H,5,7-8H2,1-4H3,(H,13,14). The molecule has 16 heavy (non-hydrogen) atoms. The highest BCUT2D eigenvalue weighted by molar-refractivity contribution is 5.85. The van der Waals surface area contributed by atoms with Crippen LogP contribution in [0.15, 0.2) is 11.6 Å². The van der Waals surface area contributed by atoms with Crippen LogP contribution in [0, 0.1) is 5.92 Å². The van der Waals surface area contributed by atoms with Crippen molar-refractivity contribution in [1.82, 2.24) is 0 Å². The monoisotopic (exact) mass is 230 g/mol. The Morgan fingerprint density at radius 3 is 2.44 bits per heavy atom. The Bertz CT molecular complexity index is 233. The SMILES string of the molecule is CC(=CCCOC(C)OCC(C)C)C(=O)O. The fraction of sp³-hybridized carbons (Fsp3) is 0.750. The van der Waals surface area contributed by atoms with Crippen LogP contribution in [0.5, 0.6) is 0 Å². The summed E-state index contributed by atoms with van der Waals surface area (Å²) in [6, 6.07) is 0. The lowest BCUT2D eigenvalue weighted by molar-refractivity contribution is -0.135. The lowest BCUT2D eigenvalue weighted by atomic mass is 10.2. The molecular formula is C12H22O4. The third-order valence-corrected chi connectivity index (χ3v) is 1.92. The average Bonchev–Trinajstić information content (AvgIpc) is 2.20. The van der Waals surface area contributed by atoms with Crippen molar-refractivity contribution >= 4 is 5.97 Å². The van der Waals surface area contributed by atoms with Gasteiger partial charge in [-0.25, -0.2) is 4.79 Å². The van der Waals surface area contributed by atoms with Gasteiger partial charge in [-0.3, -0.25) is 0 Å². The van der Waals surface area contributed by atoms with Gasteiger partial charge in [-0.05, 0) is 26.2 Å². The highest BCUT2D eigenvalue weighted by atomic mass is 16.7. The summed E-state index contributed by atoms with van der Waals surface area (Å²) in [7, 11) is 0. The number of carboxylic acid groups (broad SMARTS) is 1. The van der Waals surface area contributed by atoms with Crippen molar-refractivity contribution in [3.05, 3.63) is 11.6 Å². The maximum absolute atomic E-state index is 10.5. The molecule has 0 saturated carbocycles. The Labute approximate surface area is 97.2 Å². The molecule has 0 aliphatic heterocycles. The summed E-state index contributed by atoms with van der Waals surface area (Å²) in [4.78, 5) is 10.5. The lowest BCUT2D eigenvalue weighted by Gasteiger charge is -2.14. The largest absolute Gasteiger partial charge is 0.478 e. The first-order valence-electron chi connectivity index (χ1n) is 5.56. The third-order valence-electron chi connectivity index (χ3n) is 1.92. The summed E-state index contributed by atoms with van der Waals surface area (Å²) in [5, 5.41) is 8.60. The normalized spacial score (nSPS) is 14.2. The van der Waals surface area contributed by atoms with Gasteiger partial charge in [0.1, 0.15) is 0 Å². The first-order valence-corrected chi connectivity index (χ1v) is 5.56. The number of ether oxygens (including phenoxy) is 2.